The average Bonchev–Trinajstić information content (AvgIpc) is 2.56. The molecule has 2 nitrogen and oxygen atoms in total. The predicted molar refractivity (Wildman–Crippen MR) is 63.0 cm³/mol. The summed E-state index contributed by atoms with van der Waals surface area (Å²) in [6.07, 6.45) is 8.62. The fraction of sp³-hybridized carbons (Fsp3) is 1.00. The molecule has 0 bridgehead atoms. The van der Waals surface area contributed by atoms with Crippen LogP contribution in [0.5, 0.6) is 0 Å². The Labute approximate surface area is 98.1 Å². The Bertz CT molecular complexity index is 290. The van der Waals surface area contributed by atoms with Gasteiger partial charge in [0.2, 0.25) is 0 Å². The maximum atomic E-state index is 11.1. The normalized spacial score (nSPS) is 56.8. The van der Waals surface area contributed by atoms with Crippen molar-refractivity contribution in [1.82, 2.24) is 0 Å². The van der Waals surface area contributed by atoms with E-state index in [-0.39, 0.29) is 11.5 Å². The molecule has 3 saturated carbocycles. The Morgan fingerprint density at radius 2 is 1.81 bits per heavy atom. The molecule has 2 heteroatoms. The lowest BCUT2D eigenvalue weighted by atomic mass is 9.53. The van der Waals surface area contributed by atoms with Crippen molar-refractivity contribution >= 4 is 0 Å². The van der Waals surface area contributed by atoms with Crippen LogP contribution in [0, 0.1) is 17.3 Å². The number of hydrogen-bond donors (Lipinski definition) is 2. The highest BCUT2D eigenvalue weighted by atomic mass is 16.3. The third kappa shape index (κ3) is 1.26. The molecule has 0 aromatic carbocycles. The Balaban J connectivity index is 1.97. The molecule has 0 spiro atoms. The van der Waals surface area contributed by atoms with Gasteiger partial charge in [-0.15, -0.1) is 0 Å². The van der Waals surface area contributed by atoms with Gasteiger partial charge in [0.15, 0.2) is 0 Å². The van der Waals surface area contributed by atoms with Gasteiger partial charge in [0.1, 0.15) is 0 Å². The van der Waals surface area contributed by atoms with Crippen LogP contribution < -0.4 is 0 Å². The number of rotatable bonds is 0. The predicted octanol–water partition coefficient (Wildman–Crippen LogP) is 2.48. The smallest absolute Gasteiger partial charge is 0.0733 e. The summed E-state index contributed by atoms with van der Waals surface area (Å²) < 4.78 is 0. The maximum absolute atomic E-state index is 11.1. The van der Waals surface area contributed by atoms with Crippen LogP contribution in [0.15, 0.2) is 0 Å². The second-order valence-electron chi connectivity index (χ2n) is 6.66. The van der Waals surface area contributed by atoms with Crippen LogP contribution in [-0.4, -0.2) is 21.9 Å². The van der Waals surface area contributed by atoms with Gasteiger partial charge >= 0.3 is 0 Å². The van der Waals surface area contributed by atoms with Gasteiger partial charge in [0, 0.05) is 0 Å². The zero-order valence-corrected chi connectivity index (χ0v) is 10.3. The minimum absolute atomic E-state index is 0.00900. The molecule has 3 aliphatic rings. The third-order valence-electron chi connectivity index (χ3n) is 5.92. The minimum atomic E-state index is -0.461. The van der Waals surface area contributed by atoms with Crippen molar-refractivity contribution in [1.29, 1.82) is 0 Å². The van der Waals surface area contributed by atoms with Gasteiger partial charge in [-0.3, -0.25) is 0 Å². The number of hydrogen-bond acceptors (Lipinski definition) is 2. The van der Waals surface area contributed by atoms with E-state index in [1.807, 2.05) is 0 Å². The molecule has 3 fully saturated rings. The SMILES string of the molecule is C[C@@]12CCC[C@]1(O)[C@@H]1CCCC[C@H]1[C@H](O)C2. The summed E-state index contributed by atoms with van der Waals surface area (Å²) in [6, 6.07) is 0. The molecule has 3 aliphatic carbocycles. The lowest BCUT2D eigenvalue weighted by Crippen LogP contribution is -2.59. The first-order valence-electron chi connectivity index (χ1n) is 6.97. The Morgan fingerprint density at radius 3 is 2.62 bits per heavy atom. The van der Waals surface area contributed by atoms with Crippen LogP contribution in [0.4, 0.5) is 0 Å². The van der Waals surface area contributed by atoms with Crippen molar-refractivity contribution in [3.8, 4) is 0 Å². The van der Waals surface area contributed by atoms with Crippen LogP contribution in [0.25, 0.3) is 0 Å². The number of fused-ring (bicyclic) bond motifs is 3. The monoisotopic (exact) mass is 224 g/mol. The standard InChI is InChI=1S/C14H24O2/c1-13-7-4-8-14(13,16)11-6-3-2-5-10(11)12(15)9-13/h10-12,15-16H,2-9H2,1H3/t10-,11-,12-,13+,14+/m1/s1. The van der Waals surface area contributed by atoms with E-state index >= 15 is 0 Å². The first-order chi connectivity index (χ1) is 7.57. The first-order valence-corrected chi connectivity index (χ1v) is 6.97. The summed E-state index contributed by atoms with van der Waals surface area (Å²) in [6.45, 7) is 2.20. The van der Waals surface area contributed by atoms with Crippen LogP contribution >= 0.6 is 0 Å². The van der Waals surface area contributed by atoms with Crippen LogP contribution in [0.2, 0.25) is 0 Å². The molecule has 0 radical (unpaired) electrons. The van der Waals surface area contributed by atoms with Gasteiger partial charge in [0.05, 0.1) is 11.7 Å². The third-order valence-corrected chi connectivity index (χ3v) is 5.92. The highest BCUT2D eigenvalue weighted by Crippen LogP contribution is 2.61. The molecule has 0 aromatic heterocycles. The molecular formula is C14H24O2. The fourth-order valence-corrected chi connectivity index (χ4v) is 5.00. The largest absolute Gasteiger partial charge is 0.393 e. The molecule has 0 heterocycles. The number of aliphatic hydroxyl groups is 2. The highest BCUT2D eigenvalue weighted by molar-refractivity contribution is 5.12. The van der Waals surface area contributed by atoms with Gasteiger partial charge in [-0.25, -0.2) is 0 Å². The lowest BCUT2D eigenvalue weighted by Gasteiger charge is -2.56. The second kappa shape index (κ2) is 3.46. The van der Waals surface area contributed by atoms with Gasteiger partial charge < -0.3 is 10.2 Å². The molecule has 0 amide bonds. The average molecular weight is 224 g/mol. The van der Waals surface area contributed by atoms with Gasteiger partial charge in [-0.05, 0) is 55.8 Å². The Hall–Kier alpha value is -0.0800. The minimum Gasteiger partial charge on any atom is -0.393 e. The van der Waals surface area contributed by atoms with E-state index in [4.69, 9.17) is 0 Å². The van der Waals surface area contributed by atoms with Gasteiger partial charge in [-0.1, -0.05) is 19.8 Å². The molecule has 3 rings (SSSR count). The number of aliphatic hydroxyl groups excluding tert-OH is 1. The van der Waals surface area contributed by atoms with Crippen LogP contribution in [0.1, 0.15) is 58.3 Å². The van der Waals surface area contributed by atoms with Gasteiger partial charge in [0.25, 0.3) is 0 Å². The molecule has 16 heavy (non-hydrogen) atoms. The first kappa shape index (κ1) is 11.0. The molecule has 0 unspecified atom stereocenters. The van der Waals surface area contributed by atoms with Gasteiger partial charge in [-0.2, -0.15) is 0 Å². The summed E-state index contributed by atoms with van der Waals surface area (Å²) in [7, 11) is 0. The van der Waals surface area contributed by atoms with Crippen molar-refractivity contribution in [2.24, 2.45) is 17.3 Å². The maximum Gasteiger partial charge on any atom is 0.0733 e. The van der Waals surface area contributed by atoms with Crippen molar-refractivity contribution in [3.63, 3.8) is 0 Å². The highest BCUT2D eigenvalue weighted by Gasteiger charge is 2.61. The Kier molecular flexibility index (Phi) is 2.38. The van der Waals surface area contributed by atoms with Crippen molar-refractivity contribution in [3.05, 3.63) is 0 Å². The zero-order chi connectivity index (χ0) is 11.4. The quantitative estimate of drug-likeness (QED) is 0.663. The molecule has 92 valence electrons. The van der Waals surface area contributed by atoms with E-state index < -0.39 is 5.60 Å². The Morgan fingerprint density at radius 1 is 1.06 bits per heavy atom. The summed E-state index contributed by atoms with van der Waals surface area (Å²) in [5, 5.41) is 21.4. The van der Waals surface area contributed by atoms with E-state index in [1.54, 1.807) is 0 Å². The van der Waals surface area contributed by atoms with E-state index in [1.165, 1.54) is 12.8 Å². The summed E-state index contributed by atoms with van der Waals surface area (Å²) in [5.74, 6) is 0.752. The lowest BCUT2D eigenvalue weighted by molar-refractivity contribution is -0.190. The molecule has 0 aliphatic heterocycles. The molecule has 0 aromatic rings. The molecular weight excluding hydrogens is 200 g/mol. The van der Waals surface area contributed by atoms with E-state index in [0.29, 0.717) is 11.8 Å². The molecule has 0 saturated heterocycles. The second-order valence-corrected chi connectivity index (χ2v) is 6.66. The van der Waals surface area contributed by atoms with Crippen molar-refractivity contribution < 1.29 is 10.2 Å². The zero-order valence-electron chi connectivity index (χ0n) is 10.3. The van der Waals surface area contributed by atoms with Crippen molar-refractivity contribution in [2.45, 2.75) is 70.0 Å². The molecule has 5 atom stereocenters. The molecule has 2 N–H and O–H groups in total. The summed E-state index contributed by atoms with van der Waals surface area (Å²) in [4.78, 5) is 0. The van der Waals surface area contributed by atoms with E-state index in [9.17, 15) is 10.2 Å². The van der Waals surface area contributed by atoms with Crippen LogP contribution in [0.3, 0.4) is 0 Å². The van der Waals surface area contributed by atoms with Crippen molar-refractivity contribution in [2.75, 3.05) is 0 Å². The topological polar surface area (TPSA) is 40.5 Å². The summed E-state index contributed by atoms with van der Waals surface area (Å²) in [5.41, 5.74) is -0.470. The fourth-order valence-electron chi connectivity index (χ4n) is 5.00. The van der Waals surface area contributed by atoms with Crippen LogP contribution in [-0.2, 0) is 0 Å². The van der Waals surface area contributed by atoms with E-state index in [0.717, 1.165) is 38.5 Å². The van der Waals surface area contributed by atoms with E-state index in [2.05, 4.69) is 6.92 Å². The summed E-state index contributed by atoms with van der Waals surface area (Å²) >= 11 is 0.